The number of benzene rings is 1. The van der Waals surface area contributed by atoms with Crippen LogP contribution in [0.5, 0.6) is 5.75 Å². The van der Waals surface area contributed by atoms with Crippen molar-refractivity contribution in [2.24, 2.45) is 0 Å². The number of hydrogen-bond donors (Lipinski definition) is 2. The summed E-state index contributed by atoms with van der Waals surface area (Å²) in [6, 6.07) is 7.43. The molecule has 0 fully saturated rings. The van der Waals surface area contributed by atoms with Crippen LogP contribution in [-0.4, -0.2) is 24.5 Å². The third-order valence-corrected chi connectivity index (χ3v) is 2.50. The Morgan fingerprint density at radius 3 is 3.12 bits per heavy atom. The first-order chi connectivity index (χ1) is 8.26. The van der Waals surface area contributed by atoms with E-state index in [-0.39, 0.29) is 5.91 Å². The number of nitrogens with one attached hydrogen (secondary N) is 2. The number of hydrogen-bond acceptors (Lipinski definition) is 2. The molecule has 0 radical (unpaired) electrons. The maximum absolute atomic E-state index is 11.7. The molecule has 0 bridgehead atoms. The number of amides is 1. The fourth-order valence-corrected chi connectivity index (χ4v) is 1.69. The van der Waals surface area contributed by atoms with Crippen molar-refractivity contribution in [3.63, 3.8) is 0 Å². The van der Waals surface area contributed by atoms with Crippen LogP contribution >= 0.6 is 0 Å². The van der Waals surface area contributed by atoms with Crippen LogP contribution < -0.4 is 10.1 Å². The molecule has 1 amide bonds. The van der Waals surface area contributed by atoms with Crippen LogP contribution in [0.2, 0.25) is 0 Å². The zero-order valence-corrected chi connectivity index (χ0v) is 9.62. The van der Waals surface area contributed by atoms with E-state index in [4.69, 9.17) is 4.74 Å². The fraction of sp³-hybridized carbons (Fsp3) is 0.154. The molecule has 4 nitrogen and oxygen atoms in total. The first-order valence-corrected chi connectivity index (χ1v) is 5.31. The Hall–Kier alpha value is -2.23. The molecule has 0 saturated carbocycles. The predicted molar refractivity (Wildman–Crippen MR) is 67.4 cm³/mol. The fourth-order valence-electron chi connectivity index (χ4n) is 1.69. The molecular formula is C13H14N2O2. The summed E-state index contributed by atoms with van der Waals surface area (Å²) in [5, 5.41) is 3.62. The summed E-state index contributed by atoms with van der Waals surface area (Å²) in [5.41, 5.74) is 1.40. The molecule has 4 heteroatoms. The quantitative estimate of drug-likeness (QED) is 0.790. The molecule has 2 rings (SSSR count). The molecule has 0 aliphatic rings. The van der Waals surface area contributed by atoms with Gasteiger partial charge in [0.2, 0.25) is 0 Å². The Labute approximate surface area is 99.3 Å². The van der Waals surface area contributed by atoms with E-state index in [1.807, 2.05) is 18.2 Å². The number of ether oxygens (including phenoxy) is 1. The number of rotatable bonds is 4. The summed E-state index contributed by atoms with van der Waals surface area (Å²) in [7, 11) is 1.61. The lowest BCUT2D eigenvalue weighted by Gasteiger charge is -1.99. The summed E-state index contributed by atoms with van der Waals surface area (Å²) in [6.07, 6.45) is 1.64. The van der Waals surface area contributed by atoms with Crippen molar-refractivity contribution in [1.82, 2.24) is 10.3 Å². The predicted octanol–water partition coefficient (Wildman–Crippen LogP) is 2.09. The first-order valence-electron chi connectivity index (χ1n) is 5.31. The van der Waals surface area contributed by atoms with E-state index in [1.54, 1.807) is 19.3 Å². The molecule has 2 N–H and O–H groups in total. The standard InChI is InChI=1S/C13H14N2O2/c1-3-7-14-13(16)11-8-9-10(15-11)5-4-6-12(9)17-2/h3-6,8,15H,1,7H2,2H3,(H,14,16). The molecule has 0 aliphatic heterocycles. The molecule has 0 atom stereocenters. The molecule has 88 valence electrons. The molecule has 1 aromatic heterocycles. The molecule has 2 aromatic rings. The van der Waals surface area contributed by atoms with Gasteiger partial charge in [0.05, 0.1) is 7.11 Å². The first kappa shape index (κ1) is 11.3. The highest BCUT2D eigenvalue weighted by Crippen LogP contribution is 2.25. The van der Waals surface area contributed by atoms with Gasteiger partial charge in [-0.25, -0.2) is 0 Å². The van der Waals surface area contributed by atoms with Crippen LogP contribution in [0.4, 0.5) is 0 Å². The van der Waals surface area contributed by atoms with Gasteiger partial charge in [0.1, 0.15) is 11.4 Å². The minimum atomic E-state index is -0.150. The molecule has 17 heavy (non-hydrogen) atoms. The number of fused-ring (bicyclic) bond motifs is 1. The van der Waals surface area contributed by atoms with Crippen molar-refractivity contribution in [2.75, 3.05) is 13.7 Å². The van der Waals surface area contributed by atoms with Crippen molar-refractivity contribution in [1.29, 1.82) is 0 Å². The van der Waals surface area contributed by atoms with E-state index in [0.717, 1.165) is 16.7 Å². The number of H-pyrrole nitrogens is 1. The van der Waals surface area contributed by atoms with E-state index >= 15 is 0 Å². The number of aromatic nitrogens is 1. The number of carbonyl (C=O) groups excluding carboxylic acids is 1. The topological polar surface area (TPSA) is 54.1 Å². The SMILES string of the molecule is C=CCNC(=O)c1cc2c(OC)cccc2[nH]1. The van der Waals surface area contributed by atoms with Crippen LogP contribution in [0.25, 0.3) is 10.9 Å². The molecule has 1 heterocycles. The summed E-state index contributed by atoms with van der Waals surface area (Å²) in [5.74, 6) is 0.602. The Bertz CT molecular complexity index is 558. The molecule has 0 aliphatic carbocycles. The summed E-state index contributed by atoms with van der Waals surface area (Å²) < 4.78 is 5.23. The van der Waals surface area contributed by atoms with E-state index in [0.29, 0.717) is 12.2 Å². The zero-order chi connectivity index (χ0) is 12.3. The second-order valence-corrected chi connectivity index (χ2v) is 3.60. The van der Waals surface area contributed by atoms with E-state index in [1.165, 1.54) is 0 Å². The van der Waals surface area contributed by atoms with Gasteiger partial charge in [-0.2, -0.15) is 0 Å². The second kappa shape index (κ2) is 4.74. The summed E-state index contributed by atoms with van der Waals surface area (Å²) in [4.78, 5) is 14.8. The molecule has 0 saturated heterocycles. The van der Waals surface area contributed by atoms with Gasteiger partial charge >= 0.3 is 0 Å². The molecule has 1 aromatic carbocycles. The summed E-state index contributed by atoms with van der Waals surface area (Å²) >= 11 is 0. The monoisotopic (exact) mass is 230 g/mol. The van der Waals surface area contributed by atoms with Gasteiger partial charge in [-0.15, -0.1) is 6.58 Å². The lowest BCUT2D eigenvalue weighted by Crippen LogP contribution is -2.23. The third-order valence-electron chi connectivity index (χ3n) is 2.50. The Morgan fingerprint density at radius 1 is 1.59 bits per heavy atom. The third kappa shape index (κ3) is 2.15. The Balaban J connectivity index is 2.37. The van der Waals surface area contributed by atoms with E-state index in [9.17, 15) is 4.79 Å². The highest BCUT2D eigenvalue weighted by Gasteiger charge is 2.10. The highest BCUT2D eigenvalue weighted by molar-refractivity contribution is 5.99. The van der Waals surface area contributed by atoms with Gasteiger partial charge in [-0.05, 0) is 18.2 Å². The van der Waals surface area contributed by atoms with Crippen LogP contribution in [0.15, 0.2) is 36.9 Å². The highest BCUT2D eigenvalue weighted by atomic mass is 16.5. The van der Waals surface area contributed by atoms with Crippen molar-refractivity contribution in [3.05, 3.63) is 42.6 Å². The lowest BCUT2D eigenvalue weighted by atomic mass is 10.2. The van der Waals surface area contributed by atoms with E-state index in [2.05, 4.69) is 16.9 Å². The summed E-state index contributed by atoms with van der Waals surface area (Å²) in [6.45, 7) is 4.00. The van der Waals surface area contributed by atoms with Gasteiger partial charge in [0, 0.05) is 17.4 Å². The second-order valence-electron chi connectivity index (χ2n) is 3.60. The van der Waals surface area contributed by atoms with Crippen LogP contribution in [0.1, 0.15) is 10.5 Å². The van der Waals surface area contributed by atoms with Crippen molar-refractivity contribution in [3.8, 4) is 5.75 Å². The largest absolute Gasteiger partial charge is 0.496 e. The average molecular weight is 230 g/mol. The number of carbonyl (C=O) groups is 1. The molecular weight excluding hydrogens is 216 g/mol. The number of methoxy groups -OCH3 is 1. The van der Waals surface area contributed by atoms with Gasteiger partial charge in [0.15, 0.2) is 0 Å². The van der Waals surface area contributed by atoms with Crippen LogP contribution in [0.3, 0.4) is 0 Å². The zero-order valence-electron chi connectivity index (χ0n) is 9.62. The van der Waals surface area contributed by atoms with Gasteiger partial charge < -0.3 is 15.0 Å². The van der Waals surface area contributed by atoms with Crippen LogP contribution in [-0.2, 0) is 0 Å². The van der Waals surface area contributed by atoms with Gasteiger partial charge in [-0.1, -0.05) is 12.1 Å². The van der Waals surface area contributed by atoms with Gasteiger partial charge in [-0.3, -0.25) is 4.79 Å². The maximum Gasteiger partial charge on any atom is 0.267 e. The minimum absolute atomic E-state index is 0.150. The van der Waals surface area contributed by atoms with Crippen molar-refractivity contribution >= 4 is 16.8 Å². The van der Waals surface area contributed by atoms with Gasteiger partial charge in [0.25, 0.3) is 5.91 Å². The maximum atomic E-state index is 11.7. The number of aromatic amines is 1. The molecule has 0 unspecified atom stereocenters. The van der Waals surface area contributed by atoms with Crippen molar-refractivity contribution < 1.29 is 9.53 Å². The molecule has 0 spiro atoms. The average Bonchev–Trinajstić information content (AvgIpc) is 2.79. The Kier molecular flexibility index (Phi) is 3.14. The van der Waals surface area contributed by atoms with Crippen LogP contribution in [0, 0.1) is 0 Å². The Morgan fingerprint density at radius 2 is 2.41 bits per heavy atom. The normalized spacial score (nSPS) is 10.2. The smallest absolute Gasteiger partial charge is 0.267 e. The lowest BCUT2D eigenvalue weighted by molar-refractivity contribution is 0.0954. The minimum Gasteiger partial charge on any atom is -0.496 e. The van der Waals surface area contributed by atoms with Crippen molar-refractivity contribution in [2.45, 2.75) is 0 Å². The van der Waals surface area contributed by atoms with E-state index < -0.39 is 0 Å².